The van der Waals surface area contributed by atoms with Gasteiger partial charge in [0.1, 0.15) is 11.6 Å². The number of hydrogen-bond donors (Lipinski definition) is 1. The Kier molecular flexibility index (Phi) is 3.85. The van der Waals surface area contributed by atoms with Crippen LogP contribution in [0.25, 0.3) is 10.1 Å². The Hall–Kier alpha value is -1.98. The van der Waals surface area contributed by atoms with Gasteiger partial charge < -0.3 is 5.32 Å². The maximum Gasteiger partial charge on any atom is 0.266 e. The van der Waals surface area contributed by atoms with Gasteiger partial charge in [0.2, 0.25) is 0 Å². The summed E-state index contributed by atoms with van der Waals surface area (Å²) in [5.41, 5.74) is 0.535. The summed E-state index contributed by atoms with van der Waals surface area (Å²) >= 11 is 6.97. The maximum absolute atomic E-state index is 13.9. The number of hydrogen-bond acceptors (Lipinski definition) is 2. The largest absolute Gasteiger partial charge is 0.319 e. The molecule has 22 heavy (non-hydrogen) atoms. The minimum absolute atomic E-state index is 0.00479. The Balaban J connectivity index is 2.01. The van der Waals surface area contributed by atoms with E-state index >= 15 is 0 Å². The molecule has 0 aliphatic rings. The van der Waals surface area contributed by atoms with Gasteiger partial charge in [-0.3, -0.25) is 4.79 Å². The molecule has 0 saturated carbocycles. The zero-order chi connectivity index (χ0) is 15.9. The predicted octanol–water partition coefficient (Wildman–Crippen LogP) is 5.39. The van der Waals surface area contributed by atoms with E-state index in [1.807, 2.05) is 0 Å². The minimum Gasteiger partial charge on any atom is -0.319 e. The molecule has 3 rings (SSSR count). The maximum atomic E-state index is 13.9. The zero-order valence-corrected chi connectivity index (χ0v) is 13.0. The van der Waals surface area contributed by atoms with E-state index in [0.29, 0.717) is 25.5 Å². The van der Waals surface area contributed by atoms with Gasteiger partial charge in [-0.25, -0.2) is 8.78 Å². The summed E-state index contributed by atoms with van der Waals surface area (Å²) in [6, 6.07) is 8.58. The van der Waals surface area contributed by atoms with Crippen LogP contribution in [0.2, 0.25) is 5.02 Å². The van der Waals surface area contributed by atoms with Crippen molar-refractivity contribution in [3.8, 4) is 0 Å². The van der Waals surface area contributed by atoms with Gasteiger partial charge in [0.05, 0.1) is 10.6 Å². The van der Waals surface area contributed by atoms with Gasteiger partial charge in [0, 0.05) is 15.1 Å². The average molecular weight is 338 g/mol. The van der Waals surface area contributed by atoms with E-state index in [2.05, 4.69) is 5.32 Å². The van der Waals surface area contributed by atoms with Gasteiger partial charge in [0.25, 0.3) is 5.91 Å². The van der Waals surface area contributed by atoms with Crippen molar-refractivity contribution in [1.29, 1.82) is 0 Å². The average Bonchev–Trinajstić information content (AvgIpc) is 2.81. The van der Waals surface area contributed by atoms with Crippen LogP contribution >= 0.6 is 22.9 Å². The third kappa shape index (κ3) is 2.58. The van der Waals surface area contributed by atoms with Gasteiger partial charge >= 0.3 is 0 Å². The van der Waals surface area contributed by atoms with Crippen LogP contribution in [0.5, 0.6) is 0 Å². The number of fused-ring (bicyclic) bond motifs is 1. The number of amides is 1. The van der Waals surface area contributed by atoms with Crippen LogP contribution in [0.3, 0.4) is 0 Å². The fraction of sp³-hybridized carbons (Fsp3) is 0.0625. The van der Waals surface area contributed by atoms with Crippen molar-refractivity contribution in [2.24, 2.45) is 0 Å². The predicted molar refractivity (Wildman–Crippen MR) is 85.9 cm³/mol. The molecule has 6 heteroatoms. The molecule has 1 heterocycles. The fourth-order valence-corrected chi connectivity index (χ4v) is 3.53. The quantitative estimate of drug-likeness (QED) is 0.667. The van der Waals surface area contributed by atoms with Gasteiger partial charge in [-0.05, 0) is 42.8 Å². The summed E-state index contributed by atoms with van der Waals surface area (Å²) < 4.78 is 28.2. The lowest BCUT2D eigenvalue weighted by Crippen LogP contribution is -2.12. The molecule has 0 unspecified atom stereocenters. The fourth-order valence-electron chi connectivity index (χ4n) is 2.24. The third-order valence-corrected chi connectivity index (χ3v) is 4.78. The van der Waals surface area contributed by atoms with Crippen LogP contribution in [0.4, 0.5) is 14.5 Å². The van der Waals surface area contributed by atoms with Crippen LogP contribution in [-0.4, -0.2) is 5.91 Å². The number of carbonyl (C=O) groups is 1. The van der Waals surface area contributed by atoms with Crippen LogP contribution < -0.4 is 5.32 Å². The van der Waals surface area contributed by atoms with Crippen LogP contribution in [0.15, 0.2) is 36.4 Å². The molecular formula is C16H10ClF2NOS. The van der Waals surface area contributed by atoms with Crippen molar-refractivity contribution >= 4 is 44.6 Å². The highest BCUT2D eigenvalue weighted by atomic mass is 35.5. The number of benzene rings is 2. The lowest BCUT2D eigenvalue weighted by atomic mass is 10.1. The lowest BCUT2D eigenvalue weighted by Gasteiger charge is -2.06. The molecule has 112 valence electrons. The Bertz CT molecular complexity index is 891. The molecule has 0 bridgehead atoms. The summed E-state index contributed by atoms with van der Waals surface area (Å²) in [7, 11) is 0. The molecule has 1 aromatic heterocycles. The van der Waals surface area contributed by atoms with E-state index in [0.717, 1.165) is 0 Å². The second-order valence-corrected chi connectivity index (χ2v) is 6.24. The number of halogens is 3. The number of anilines is 1. The first-order chi connectivity index (χ1) is 10.5. The van der Waals surface area contributed by atoms with Gasteiger partial charge in [-0.15, -0.1) is 11.3 Å². The SMILES string of the molecule is Cc1c(C(=O)Nc2cc(Cl)ccc2F)sc2cccc(F)c12. The summed E-state index contributed by atoms with van der Waals surface area (Å²) in [5, 5.41) is 3.21. The zero-order valence-electron chi connectivity index (χ0n) is 11.4. The van der Waals surface area contributed by atoms with Crippen LogP contribution in [-0.2, 0) is 0 Å². The summed E-state index contributed by atoms with van der Waals surface area (Å²) in [6.07, 6.45) is 0. The summed E-state index contributed by atoms with van der Waals surface area (Å²) in [5.74, 6) is -1.44. The molecular weight excluding hydrogens is 328 g/mol. The van der Waals surface area contributed by atoms with Crippen LogP contribution in [0.1, 0.15) is 15.2 Å². The number of rotatable bonds is 2. The molecule has 0 aliphatic carbocycles. The monoisotopic (exact) mass is 337 g/mol. The highest BCUT2D eigenvalue weighted by Gasteiger charge is 2.18. The molecule has 0 spiro atoms. The molecule has 0 aliphatic heterocycles. The van der Waals surface area contributed by atoms with Crippen molar-refractivity contribution in [3.63, 3.8) is 0 Å². The van der Waals surface area contributed by atoms with Crippen molar-refractivity contribution in [2.45, 2.75) is 6.92 Å². The Morgan fingerprint density at radius 1 is 1.18 bits per heavy atom. The first-order valence-electron chi connectivity index (χ1n) is 6.41. The Labute approximate surface area is 134 Å². The highest BCUT2D eigenvalue weighted by molar-refractivity contribution is 7.21. The number of carbonyl (C=O) groups excluding carboxylic acids is 1. The van der Waals surface area contributed by atoms with Gasteiger partial charge in [-0.1, -0.05) is 17.7 Å². The molecule has 0 saturated heterocycles. The van der Waals surface area contributed by atoms with Crippen LogP contribution in [0, 0.1) is 18.6 Å². The van der Waals surface area contributed by atoms with E-state index in [1.54, 1.807) is 19.1 Å². The molecule has 0 fully saturated rings. The second-order valence-electron chi connectivity index (χ2n) is 4.75. The summed E-state index contributed by atoms with van der Waals surface area (Å²) in [4.78, 5) is 12.7. The van der Waals surface area contributed by atoms with Crippen molar-refractivity contribution < 1.29 is 13.6 Å². The molecule has 2 aromatic carbocycles. The smallest absolute Gasteiger partial charge is 0.266 e. The molecule has 1 N–H and O–H groups in total. The van der Waals surface area contributed by atoms with E-state index < -0.39 is 11.7 Å². The second kappa shape index (κ2) is 5.66. The Morgan fingerprint density at radius 2 is 1.95 bits per heavy atom. The van der Waals surface area contributed by atoms with Crippen molar-refractivity contribution in [1.82, 2.24) is 0 Å². The van der Waals surface area contributed by atoms with E-state index in [1.165, 1.54) is 35.6 Å². The topological polar surface area (TPSA) is 29.1 Å². The standard InChI is InChI=1S/C16H10ClF2NOS/c1-8-14-11(19)3-2-4-13(14)22-15(8)16(21)20-12-7-9(17)5-6-10(12)18/h2-7H,1H3,(H,20,21). The molecule has 0 atom stereocenters. The molecule has 1 amide bonds. The van der Waals surface area contributed by atoms with E-state index in [9.17, 15) is 13.6 Å². The highest BCUT2D eigenvalue weighted by Crippen LogP contribution is 2.33. The van der Waals surface area contributed by atoms with E-state index in [-0.39, 0.29) is 11.5 Å². The third-order valence-electron chi connectivity index (χ3n) is 3.29. The molecule has 3 aromatic rings. The first-order valence-corrected chi connectivity index (χ1v) is 7.61. The van der Waals surface area contributed by atoms with E-state index in [4.69, 9.17) is 11.6 Å². The Morgan fingerprint density at radius 3 is 2.68 bits per heavy atom. The first kappa shape index (κ1) is 14.9. The lowest BCUT2D eigenvalue weighted by molar-refractivity contribution is 0.102. The number of thiophene rings is 1. The number of aryl methyl sites for hydroxylation is 1. The van der Waals surface area contributed by atoms with Gasteiger partial charge in [-0.2, -0.15) is 0 Å². The van der Waals surface area contributed by atoms with Crippen molar-refractivity contribution in [2.75, 3.05) is 5.32 Å². The summed E-state index contributed by atoms with van der Waals surface area (Å²) in [6.45, 7) is 1.67. The molecule has 2 nitrogen and oxygen atoms in total. The minimum atomic E-state index is -0.581. The number of nitrogens with one attached hydrogen (secondary N) is 1. The normalized spacial score (nSPS) is 10.9. The van der Waals surface area contributed by atoms with Gasteiger partial charge in [0.15, 0.2) is 0 Å². The molecule has 0 radical (unpaired) electrons. The van der Waals surface area contributed by atoms with Crippen molar-refractivity contribution in [3.05, 3.63) is 63.5 Å².